The molecule has 0 N–H and O–H groups in total. The van der Waals surface area contributed by atoms with E-state index in [2.05, 4.69) is 0 Å². The summed E-state index contributed by atoms with van der Waals surface area (Å²) in [6, 6.07) is 7.76. The maximum Gasteiger partial charge on any atom is 0.417 e. The van der Waals surface area contributed by atoms with E-state index in [-0.39, 0.29) is 11.9 Å². The Hall–Kier alpha value is -1.49. The molecule has 1 atom stereocenters. The largest absolute Gasteiger partial charge is 0.443 e. The first kappa shape index (κ1) is 15.9. The van der Waals surface area contributed by atoms with Crippen molar-refractivity contribution in [1.82, 2.24) is 4.90 Å². The topological polar surface area (TPSA) is 46.6 Å². The van der Waals surface area contributed by atoms with Crippen molar-refractivity contribution < 1.29 is 14.3 Å². The first-order chi connectivity index (χ1) is 9.81. The summed E-state index contributed by atoms with van der Waals surface area (Å²) in [5.74, 6) is -0.164. The predicted molar refractivity (Wildman–Crippen MR) is 83.3 cm³/mol. The lowest BCUT2D eigenvalue weighted by Gasteiger charge is -2.27. The van der Waals surface area contributed by atoms with Gasteiger partial charge in [-0.05, 0) is 51.1 Å². The van der Waals surface area contributed by atoms with Crippen molar-refractivity contribution in [2.24, 2.45) is 0 Å². The van der Waals surface area contributed by atoms with E-state index < -0.39 is 11.7 Å². The molecule has 2 amide bonds. The quantitative estimate of drug-likeness (QED) is 0.775. The minimum atomic E-state index is -0.604. The maximum absolute atomic E-state index is 12.3. The number of nitrogens with zero attached hydrogens (tertiary/aromatic N) is 1. The van der Waals surface area contributed by atoms with Crippen molar-refractivity contribution in [2.75, 3.05) is 6.26 Å². The lowest BCUT2D eigenvalue weighted by atomic mass is 10.1. The smallest absolute Gasteiger partial charge is 0.417 e. The lowest BCUT2D eigenvalue weighted by Crippen LogP contribution is -2.38. The summed E-state index contributed by atoms with van der Waals surface area (Å²) in [6.07, 6.45) is 2.50. The predicted octanol–water partition coefficient (Wildman–Crippen LogP) is 4.01. The number of likely N-dealkylation sites (tertiary alicyclic amines) is 1. The summed E-state index contributed by atoms with van der Waals surface area (Å²) in [5.41, 5.74) is 0.372. The number of hydrogen-bond acceptors (Lipinski definition) is 4. The number of hydrogen-bond donors (Lipinski definition) is 0. The van der Waals surface area contributed by atoms with Crippen molar-refractivity contribution in [1.29, 1.82) is 0 Å². The number of carbonyl (C=O) groups excluding carboxylic acids is 2. The molecule has 0 aliphatic carbocycles. The van der Waals surface area contributed by atoms with Crippen LogP contribution in [0.15, 0.2) is 29.2 Å². The fraction of sp³-hybridized carbons (Fsp3) is 0.500. The molecule has 1 heterocycles. The van der Waals surface area contributed by atoms with Gasteiger partial charge in [-0.25, -0.2) is 9.69 Å². The molecule has 0 bridgehead atoms. The summed E-state index contributed by atoms with van der Waals surface area (Å²) in [4.78, 5) is 26.7. The van der Waals surface area contributed by atoms with E-state index in [1.807, 2.05) is 30.5 Å². The molecular formula is C16H21NO3S. The van der Waals surface area contributed by atoms with Gasteiger partial charge in [0, 0.05) is 11.3 Å². The highest BCUT2D eigenvalue weighted by Gasteiger charge is 2.39. The summed E-state index contributed by atoms with van der Waals surface area (Å²) in [7, 11) is 0. The molecule has 114 valence electrons. The molecule has 1 aliphatic heterocycles. The Morgan fingerprint density at radius 1 is 1.29 bits per heavy atom. The molecule has 1 saturated heterocycles. The van der Waals surface area contributed by atoms with E-state index in [1.165, 1.54) is 4.90 Å². The van der Waals surface area contributed by atoms with Crippen LogP contribution >= 0.6 is 11.8 Å². The van der Waals surface area contributed by atoms with Crippen molar-refractivity contribution >= 4 is 23.8 Å². The third-order valence-corrected chi connectivity index (χ3v) is 4.05. The van der Waals surface area contributed by atoms with E-state index >= 15 is 0 Å². The fourth-order valence-corrected chi connectivity index (χ4v) is 2.77. The van der Waals surface area contributed by atoms with E-state index in [4.69, 9.17) is 4.74 Å². The molecule has 2 rings (SSSR count). The van der Waals surface area contributed by atoms with Crippen LogP contribution in [-0.4, -0.2) is 28.8 Å². The van der Waals surface area contributed by atoms with Crippen molar-refractivity contribution in [2.45, 2.75) is 50.2 Å². The first-order valence-electron chi connectivity index (χ1n) is 7.01. The Bertz CT molecular complexity index is 533. The molecule has 0 aromatic heterocycles. The Morgan fingerprint density at radius 3 is 2.43 bits per heavy atom. The summed E-state index contributed by atoms with van der Waals surface area (Å²) in [6.45, 7) is 5.40. The first-order valence-corrected chi connectivity index (χ1v) is 8.23. The Balaban J connectivity index is 2.21. The van der Waals surface area contributed by atoms with Gasteiger partial charge < -0.3 is 4.74 Å². The molecule has 1 aliphatic rings. The molecule has 1 fully saturated rings. The van der Waals surface area contributed by atoms with Gasteiger partial charge in [-0.15, -0.1) is 11.8 Å². The second-order valence-electron chi connectivity index (χ2n) is 6.07. The van der Waals surface area contributed by atoms with Gasteiger partial charge in [-0.2, -0.15) is 0 Å². The Kier molecular flexibility index (Phi) is 4.61. The number of carbonyl (C=O) groups is 2. The molecule has 1 unspecified atom stereocenters. The molecule has 0 radical (unpaired) electrons. The average molecular weight is 307 g/mol. The van der Waals surface area contributed by atoms with Gasteiger partial charge in [0.1, 0.15) is 5.60 Å². The van der Waals surface area contributed by atoms with Gasteiger partial charge >= 0.3 is 6.09 Å². The Morgan fingerprint density at radius 2 is 1.90 bits per heavy atom. The van der Waals surface area contributed by atoms with Gasteiger partial charge in [0.25, 0.3) is 0 Å². The molecular weight excluding hydrogens is 286 g/mol. The van der Waals surface area contributed by atoms with Crippen LogP contribution in [0.1, 0.15) is 45.2 Å². The normalized spacial score (nSPS) is 19.0. The van der Waals surface area contributed by atoms with Gasteiger partial charge in [-0.3, -0.25) is 4.79 Å². The SMILES string of the molecule is CSc1ccc(C2CCC(=O)N2C(=O)OC(C)(C)C)cc1. The third kappa shape index (κ3) is 3.79. The lowest BCUT2D eigenvalue weighted by molar-refractivity contribution is -0.128. The molecule has 1 aromatic carbocycles. The summed E-state index contributed by atoms with van der Waals surface area (Å²) < 4.78 is 5.35. The minimum absolute atomic E-state index is 0.164. The van der Waals surface area contributed by atoms with E-state index in [9.17, 15) is 9.59 Å². The number of imide groups is 1. The highest BCUT2D eigenvalue weighted by Crippen LogP contribution is 2.34. The van der Waals surface area contributed by atoms with Crippen LogP contribution in [0.2, 0.25) is 0 Å². The van der Waals surface area contributed by atoms with Gasteiger partial charge in [0.2, 0.25) is 5.91 Å². The molecule has 5 heteroatoms. The van der Waals surface area contributed by atoms with E-state index in [0.717, 1.165) is 10.5 Å². The van der Waals surface area contributed by atoms with Crippen LogP contribution in [0.25, 0.3) is 0 Å². The highest BCUT2D eigenvalue weighted by molar-refractivity contribution is 7.98. The van der Waals surface area contributed by atoms with Crippen molar-refractivity contribution in [3.63, 3.8) is 0 Å². The zero-order chi connectivity index (χ0) is 15.6. The monoisotopic (exact) mass is 307 g/mol. The number of thioether (sulfide) groups is 1. The maximum atomic E-state index is 12.3. The third-order valence-electron chi connectivity index (χ3n) is 3.30. The summed E-state index contributed by atoms with van der Waals surface area (Å²) >= 11 is 1.66. The van der Waals surface area contributed by atoms with E-state index in [0.29, 0.717) is 12.8 Å². The van der Waals surface area contributed by atoms with Crippen LogP contribution in [-0.2, 0) is 9.53 Å². The molecule has 1 aromatic rings. The van der Waals surface area contributed by atoms with Crippen LogP contribution in [0.4, 0.5) is 4.79 Å². The van der Waals surface area contributed by atoms with Gasteiger partial charge in [0.05, 0.1) is 6.04 Å². The highest BCUT2D eigenvalue weighted by atomic mass is 32.2. The van der Waals surface area contributed by atoms with Crippen LogP contribution < -0.4 is 0 Å². The van der Waals surface area contributed by atoms with Crippen molar-refractivity contribution in [3.8, 4) is 0 Å². The van der Waals surface area contributed by atoms with Crippen LogP contribution in [0.3, 0.4) is 0 Å². The summed E-state index contributed by atoms with van der Waals surface area (Å²) in [5, 5.41) is 0. The minimum Gasteiger partial charge on any atom is -0.443 e. The molecule has 21 heavy (non-hydrogen) atoms. The second kappa shape index (κ2) is 6.10. The van der Waals surface area contributed by atoms with Gasteiger partial charge in [0.15, 0.2) is 0 Å². The van der Waals surface area contributed by atoms with Crippen LogP contribution in [0, 0.1) is 0 Å². The molecule has 0 spiro atoms. The number of rotatable bonds is 2. The molecule has 0 saturated carbocycles. The fourth-order valence-electron chi connectivity index (χ4n) is 2.37. The van der Waals surface area contributed by atoms with Crippen molar-refractivity contribution in [3.05, 3.63) is 29.8 Å². The number of ether oxygens (including phenoxy) is 1. The average Bonchev–Trinajstić information content (AvgIpc) is 2.79. The zero-order valence-corrected chi connectivity index (χ0v) is 13.7. The second-order valence-corrected chi connectivity index (χ2v) is 6.95. The standard InChI is InChI=1S/C16H21NO3S/c1-16(2,3)20-15(19)17-13(9-10-14(17)18)11-5-7-12(21-4)8-6-11/h5-8,13H,9-10H2,1-4H3. The number of benzene rings is 1. The van der Waals surface area contributed by atoms with Crippen LogP contribution in [0.5, 0.6) is 0 Å². The Labute approximate surface area is 129 Å². The van der Waals surface area contributed by atoms with Gasteiger partial charge in [-0.1, -0.05) is 12.1 Å². The molecule has 4 nitrogen and oxygen atoms in total. The van der Waals surface area contributed by atoms with E-state index in [1.54, 1.807) is 32.5 Å². The zero-order valence-electron chi connectivity index (χ0n) is 12.9. The number of amides is 2.